The number of hydrogen-bond donors (Lipinski definition) is 2. The molecule has 0 aromatic heterocycles. The van der Waals surface area contributed by atoms with Crippen LogP contribution in [0.5, 0.6) is 0 Å². The van der Waals surface area contributed by atoms with Crippen LogP contribution in [0.2, 0.25) is 0 Å². The topological polar surface area (TPSA) is 41.1 Å². The lowest BCUT2D eigenvalue weighted by Crippen LogP contribution is -2.42. The largest absolute Gasteiger partial charge is 0.353 e. The van der Waals surface area contributed by atoms with E-state index < -0.39 is 0 Å². The van der Waals surface area contributed by atoms with E-state index in [4.69, 9.17) is 0 Å². The predicted molar refractivity (Wildman–Crippen MR) is 81.4 cm³/mol. The lowest BCUT2D eigenvalue weighted by molar-refractivity contribution is -0.126. The summed E-state index contributed by atoms with van der Waals surface area (Å²) in [6.07, 6.45) is 15.4. The average molecular weight is 276 g/mol. The third-order valence-corrected chi connectivity index (χ3v) is 5.04. The van der Waals surface area contributed by atoms with Gasteiger partial charge < -0.3 is 10.6 Å². The smallest absolute Gasteiger partial charge is 0.223 e. The first-order valence-corrected chi connectivity index (χ1v) is 8.50. The first-order valence-electron chi connectivity index (χ1n) is 8.50. The van der Waals surface area contributed by atoms with Crippen LogP contribution in [0.15, 0.2) is 12.2 Å². The summed E-state index contributed by atoms with van der Waals surface area (Å²) < 4.78 is 0. The summed E-state index contributed by atoms with van der Waals surface area (Å²) in [4.78, 5) is 12.2. The second-order valence-electron chi connectivity index (χ2n) is 6.90. The third kappa shape index (κ3) is 4.08. The minimum absolute atomic E-state index is 0.258. The molecule has 0 aromatic carbocycles. The first kappa shape index (κ1) is 14.1. The van der Waals surface area contributed by atoms with E-state index in [0.29, 0.717) is 18.0 Å². The van der Waals surface area contributed by atoms with Crippen molar-refractivity contribution in [2.24, 2.45) is 11.8 Å². The Labute approximate surface area is 122 Å². The van der Waals surface area contributed by atoms with Crippen LogP contribution < -0.4 is 10.6 Å². The van der Waals surface area contributed by atoms with Gasteiger partial charge in [-0.25, -0.2) is 0 Å². The van der Waals surface area contributed by atoms with Gasteiger partial charge in [0.1, 0.15) is 0 Å². The zero-order valence-corrected chi connectivity index (χ0v) is 12.4. The molecule has 0 saturated heterocycles. The molecule has 0 heterocycles. The van der Waals surface area contributed by atoms with Crippen molar-refractivity contribution in [2.45, 2.75) is 69.9 Å². The molecule has 0 unspecified atom stereocenters. The number of hydrogen-bond acceptors (Lipinski definition) is 2. The van der Waals surface area contributed by atoms with E-state index in [0.717, 1.165) is 25.3 Å². The van der Waals surface area contributed by atoms with Gasteiger partial charge in [0.05, 0.1) is 0 Å². The Balaban J connectivity index is 1.40. The Bertz CT molecular complexity index is 362. The van der Waals surface area contributed by atoms with Gasteiger partial charge in [0.2, 0.25) is 5.91 Å². The molecule has 0 aliphatic heterocycles. The Morgan fingerprint density at radius 2 is 1.95 bits per heavy atom. The highest BCUT2D eigenvalue weighted by atomic mass is 16.2. The second kappa shape index (κ2) is 6.75. The van der Waals surface area contributed by atoms with Gasteiger partial charge in [-0.1, -0.05) is 18.6 Å². The number of carbonyl (C=O) groups is 1. The van der Waals surface area contributed by atoms with Crippen molar-refractivity contribution in [3.63, 3.8) is 0 Å². The van der Waals surface area contributed by atoms with E-state index in [1.807, 2.05) is 0 Å². The van der Waals surface area contributed by atoms with Gasteiger partial charge in [-0.3, -0.25) is 4.79 Å². The van der Waals surface area contributed by atoms with Crippen molar-refractivity contribution in [1.29, 1.82) is 0 Å². The molecule has 0 bridgehead atoms. The summed E-state index contributed by atoms with van der Waals surface area (Å²) in [5, 5.41) is 6.90. The van der Waals surface area contributed by atoms with Gasteiger partial charge >= 0.3 is 0 Å². The SMILES string of the molecule is O=C(NC1CC1)[C@@H]1CCC[C@@H](NC[C@@H]2CC=CCC2)C1. The molecule has 0 aromatic rings. The highest BCUT2D eigenvalue weighted by molar-refractivity contribution is 5.79. The molecule has 3 nitrogen and oxygen atoms in total. The van der Waals surface area contributed by atoms with E-state index in [1.54, 1.807) is 0 Å². The van der Waals surface area contributed by atoms with Crippen LogP contribution in [0.3, 0.4) is 0 Å². The summed E-state index contributed by atoms with van der Waals surface area (Å²) in [6, 6.07) is 1.06. The van der Waals surface area contributed by atoms with Crippen LogP contribution in [-0.2, 0) is 4.79 Å². The summed E-state index contributed by atoms with van der Waals surface area (Å²) >= 11 is 0. The fourth-order valence-corrected chi connectivity index (χ4v) is 3.54. The maximum absolute atomic E-state index is 12.2. The fourth-order valence-electron chi connectivity index (χ4n) is 3.54. The molecule has 0 spiro atoms. The van der Waals surface area contributed by atoms with Gasteiger partial charge in [-0.15, -0.1) is 0 Å². The summed E-state index contributed by atoms with van der Waals surface area (Å²) in [5.74, 6) is 1.38. The molecule has 112 valence electrons. The number of allylic oxidation sites excluding steroid dienone is 2. The Morgan fingerprint density at radius 3 is 2.70 bits per heavy atom. The molecular weight excluding hydrogens is 248 g/mol. The van der Waals surface area contributed by atoms with Gasteiger partial charge in [-0.05, 0) is 63.8 Å². The monoisotopic (exact) mass is 276 g/mol. The van der Waals surface area contributed by atoms with Crippen molar-refractivity contribution in [3.8, 4) is 0 Å². The van der Waals surface area contributed by atoms with Crippen LogP contribution in [-0.4, -0.2) is 24.5 Å². The van der Waals surface area contributed by atoms with Gasteiger partial charge in [-0.2, -0.15) is 0 Å². The normalized spacial score (nSPS) is 33.9. The van der Waals surface area contributed by atoms with Crippen molar-refractivity contribution in [2.75, 3.05) is 6.54 Å². The van der Waals surface area contributed by atoms with Crippen LogP contribution in [0.25, 0.3) is 0 Å². The maximum atomic E-state index is 12.2. The van der Waals surface area contributed by atoms with Crippen molar-refractivity contribution in [1.82, 2.24) is 10.6 Å². The van der Waals surface area contributed by atoms with E-state index >= 15 is 0 Å². The van der Waals surface area contributed by atoms with Gasteiger partial charge in [0.25, 0.3) is 0 Å². The van der Waals surface area contributed by atoms with Crippen LogP contribution in [0.1, 0.15) is 57.8 Å². The highest BCUT2D eigenvalue weighted by Gasteiger charge is 2.31. The van der Waals surface area contributed by atoms with Crippen molar-refractivity contribution in [3.05, 3.63) is 12.2 Å². The summed E-state index contributed by atoms with van der Waals surface area (Å²) in [7, 11) is 0. The minimum Gasteiger partial charge on any atom is -0.353 e. The minimum atomic E-state index is 0.258. The Kier molecular flexibility index (Phi) is 4.77. The Hall–Kier alpha value is -0.830. The number of rotatable bonds is 5. The van der Waals surface area contributed by atoms with E-state index in [-0.39, 0.29) is 5.92 Å². The second-order valence-corrected chi connectivity index (χ2v) is 6.90. The van der Waals surface area contributed by atoms with Crippen LogP contribution >= 0.6 is 0 Å². The van der Waals surface area contributed by atoms with Crippen molar-refractivity contribution < 1.29 is 4.79 Å². The lowest BCUT2D eigenvalue weighted by atomic mass is 9.84. The van der Waals surface area contributed by atoms with Crippen LogP contribution in [0.4, 0.5) is 0 Å². The molecule has 3 aliphatic carbocycles. The summed E-state index contributed by atoms with van der Waals surface area (Å²) in [6.45, 7) is 1.13. The summed E-state index contributed by atoms with van der Waals surface area (Å²) in [5.41, 5.74) is 0. The van der Waals surface area contributed by atoms with Crippen molar-refractivity contribution >= 4 is 5.91 Å². The Morgan fingerprint density at radius 1 is 1.05 bits per heavy atom. The molecule has 3 rings (SSSR count). The van der Waals surface area contributed by atoms with Crippen LogP contribution in [0, 0.1) is 11.8 Å². The number of amides is 1. The van der Waals surface area contributed by atoms with Gasteiger partial charge in [0.15, 0.2) is 0 Å². The average Bonchev–Trinajstić information content (AvgIpc) is 3.30. The predicted octanol–water partition coefficient (Wildman–Crippen LogP) is 2.77. The molecule has 3 atom stereocenters. The molecule has 0 radical (unpaired) electrons. The van der Waals surface area contributed by atoms with E-state index in [9.17, 15) is 4.79 Å². The highest BCUT2D eigenvalue weighted by Crippen LogP contribution is 2.27. The number of carbonyl (C=O) groups excluding carboxylic acids is 1. The van der Waals surface area contributed by atoms with E-state index in [2.05, 4.69) is 22.8 Å². The quantitative estimate of drug-likeness (QED) is 0.758. The van der Waals surface area contributed by atoms with E-state index in [1.165, 1.54) is 44.9 Å². The zero-order chi connectivity index (χ0) is 13.8. The molecule has 2 fully saturated rings. The maximum Gasteiger partial charge on any atom is 0.223 e. The molecule has 20 heavy (non-hydrogen) atoms. The molecule has 3 aliphatic rings. The standard InChI is InChI=1S/C17H28N2O/c20-17(19-15-9-10-15)14-7-4-8-16(11-14)18-12-13-5-2-1-3-6-13/h1-2,13-16,18H,3-12H2,(H,19,20)/t13-,14-,16-/m1/s1. The molecule has 2 N–H and O–H groups in total. The molecule has 1 amide bonds. The van der Waals surface area contributed by atoms with Gasteiger partial charge in [0, 0.05) is 18.0 Å². The third-order valence-electron chi connectivity index (χ3n) is 5.04. The molecule has 3 heteroatoms. The lowest BCUT2D eigenvalue weighted by Gasteiger charge is -2.30. The number of nitrogens with one attached hydrogen (secondary N) is 2. The molecular formula is C17H28N2O. The first-order chi connectivity index (χ1) is 9.81. The fraction of sp³-hybridized carbons (Fsp3) is 0.824. The zero-order valence-electron chi connectivity index (χ0n) is 12.4. The molecule has 2 saturated carbocycles.